The maximum Gasteiger partial charge on any atom is 0.240 e. The van der Waals surface area contributed by atoms with Crippen molar-refractivity contribution in [3.63, 3.8) is 0 Å². The fraction of sp³-hybridized carbons (Fsp3) is 0.632. The van der Waals surface area contributed by atoms with Crippen LogP contribution in [0.4, 0.5) is 0 Å². The summed E-state index contributed by atoms with van der Waals surface area (Å²) in [5.74, 6) is 0.649. The topological polar surface area (TPSA) is 95.1 Å². The van der Waals surface area contributed by atoms with Crippen LogP contribution >= 0.6 is 24.0 Å². The van der Waals surface area contributed by atoms with Crippen molar-refractivity contribution < 1.29 is 13.2 Å². The van der Waals surface area contributed by atoms with E-state index in [0.717, 1.165) is 38.4 Å². The Labute approximate surface area is 191 Å². The number of morpholine rings is 1. The van der Waals surface area contributed by atoms with E-state index in [1.165, 1.54) is 0 Å². The highest BCUT2D eigenvalue weighted by Crippen LogP contribution is 2.15. The minimum absolute atomic E-state index is 0. The zero-order valence-corrected chi connectivity index (χ0v) is 20.8. The van der Waals surface area contributed by atoms with Crippen LogP contribution in [0.15, 0.2) is 34.2 Å². The first kappa shape index (κ1) is 26.1. The Kier molecular flexibility index (Phi) is 10.8. The lowest BCUT2D eigenvalue weighted by Gasteiger charge is -2.41. The fourth-order valence-electron chi connectivity index (χ4n) is 2.97. The van der Waals surface area contributed by atoms with Gasteiger partial charge in [0.25, 0.3) is 0 Å². The number of ether oxygens (including phenoxy) is 1. The van der Waals surface area contributed by atoms with E-state index in [0.29, 0.717) is 12.5 Å². The highest BCUT2D eigenvalue weighted by molar-refractivity contribution is 14.0. The molecule has 0 atom stereocenters. The Morgan fingerprint density at radius 1 is 1.14 bits per heavy atom. The summed E-state index contributed by atoms with van der Waals surface area (Å²) in [4.78, 5) is 6.88. The largest absolute Gasteiger partial charge is 0.379 e. The number of aliphatic imine (C=N–C) groups is 1. The predicted molar refractivity (Wildman–Crippen MR) is 128 cm³/mol. The lowest BCUT2D eigenvalue weighted by Crippen LogP contribution is -2.56. The molecule has 1 saturated heterocycles. The van der Waals surface area contributed by atoms with E-state index in [4.69, 9.17) is 4.74 Å². The van der Waals surface area contributed by atoms with Crippen LogP contribution in [-0.4, -0.2) is 77.8 Å². The van der Waals surface area contributed by atoms with Gasteiger partial charge in [-0.2, -0.15) is 0 Å². The van der Waals surface area contributed by atoms with Crippen LogP contribution < -0.4 is 15.4 Å². The van der Waals surface area contributed by atoms with Crippen molar-refractivity contribution in [3.8, 4) is 0 Å². The maximum absolute atomic E-state index is 12.3. The highest BCUT2D eigenvalue weighted by Gasteiger charge is 2.28. The van der Waals surface area contributed by atoms with Gasteiger partial charge in [-0.1, -0.05) is 17.7 Å². The Hall–Kier alpha value is -0.950. The first-order valence-electron chi connectivity index (χ1n) is 9.58. The third-order valence-corrected chi connectivity index (χ3v) is 6.30. The zero-order valence-electron chi connectivity index (χ0n) is 17.7. The van der Waals surface area contributed by atoms with Crippen LogP contribution in [0.5, 0.6) is 0 Å². The van der Waals surface area contributed by atoms with Gasteiger partial charge >= 0.3 is 0 Å². The van der Waals surface area contributed by atoms with Crippen molar-refractivity contribution in [1.82, 2.24) is 20.3 Å². The van der Waals surface area contributed by atoms with Gasteiger partial charge in [0.1, 0.15) is 0 Å². The molecular formula is C19H34IN5O3S. The fourth-order valence-corrected chi connectivity index (χ4v) is 4.00. The summed E-state index contributed by atoms with van der Waals surface area (Å²) in [5.41, 5.74) is 0.990. The maximum atomic E-state index is 12.3. The molecule has 0 bridgehead atoms. The second-order valence-electron chi connectivity index (χ2n) is 7.48. The smallest absolute Gasteiger partial charge is 0.240 e. The van der Waals surface area contributed by atoms with E-state index >= 15 is 0 Å². The Morgan fingerprint density at radius 3 is 2.34 bits per heavy atom. The van der Waals surface area contributed by atoms with Gasteiger partial charge in [-0.3, -0.25) is 9.89 Å². The van der Waals surface area contributed by atoms with Gasteiger partial charge < -0.3 is 15.4 Å². The molecule has 1 aliphatic rings. The lowest BCUT2D eigenvalue weighted by molar-refractivity contribution is -0.00833. The number of benzene rings is 1. The van der Waals surface area contributed by atoms with Gasteiger partial charge in [0.05, 0.1) is 18.1 Å². The molecule has 0 saturated carbocycles. The van der Waals surface area contributed by atoms with Gasteiger partial charge in [0, 0.05) is 45.3 Å². The molecule has 10 heteroatoms. The summed E-state index contributed by atoms with van der Waals surface area (Å²) in [5, 5.41) is 6.47. The zero-order chi connectivity index (χ0) is 20.6. The van der Waals surface area contributed by atoms with Gasteiger partial charge in [-0.05, 0) is 32.9 Å². The van der Waals surface area contributed by atoms with Crippen molar-refractivity contribution >= 4 is 40.0 Å². The van der Waals surface area contributed by atoms with Crippen molar-refractivity contribution in [2.24, 2.45) is 4.99 Å². The van der Waals surface area contributed by atoms with E-state index in [-0.39, 0.29) is 41.0 Å². The molecule has 0 aromatic heterocycles. The van der Waals surface area contributed by atoms with E-state index in [1.807, 2.05) is 6.92 Å². The Morgan fingerprint density at radius 2 is 1.76 bits per heavy atom. The monoisotopic (exact) mass is 539 g/mol. The first-order chi connectivity index (χ1) is 13.2. The molecule has 1 aromatic carbocycles. The number of guanidine groups is 1. The number of sulfonamides is 1. The average molecular weight is 539 g/mol. The third-order valence-electron chi connectivity index (χ3n) is 4.82. The molecule has 29 heavy (non-hydrogen) atoms. The highest BCUT2D eigenvalue weighted by atomic mass is 127. The molecule has 1 aromatic rings. The predicted octanol–water partition coefficient (Wildman–Crippen LogP) is 1.17. The minimum atomic E-state index is -3.50. The molecule has 1 aliphatic heterocycles. The second-order valence-corrected chi connectivity index (χ2v) is 9.24. The average Bonchev–Trinajstić information content (AvgIpc) is 2.68. The molecule has 1 fully saturated rings. The van der Waals surface area contributed by atoms with Crippen molar-refractivity contribution in [2.75, 3.05) is 53.0 Å². The Bertz CT molecular complexity index is 748. The quantitative estimate of drug-likeness (QED) is 0.199. The van der Waals surface area contributed by atoms with E-state index in [2.05, 4.69) is 39.1 Å². The van der Waals surface area contributed by atoms with Gasteiger partial charge in [0.15, 0.2) is 5.96 Å². The summed E-state index contributed by atoms with van der Waals surface area (Å²) in [6.07, 6.45) is 0. The van der Waals surface area contributed by atoms with Gasteiger partial charge in [-0.15, -0.1) is 24.0 Å². The third kappa shape index (κ3) is 8.36. The number of nitrogens with zero attached hydrogens (tertiary/aromatic N) is 2. The summed E-state index contributed by atoms with van der Waals surface area (Å²) in [6.45, 7) is 11.1. The second kappa shape index (κ2) is 12.0. The molecular weight excluding hydrogens is 505 g/mol. The Balaban J connectivity index is 0.00000420. The van der Waals surface area contributed by atoms with Crippen molar-refractivity contribution in [3.05, 3.63) is 29.8 Å². The molecule has 0 radical (unpaired) electrons. The summed E-state index contributed by atoms with van der Waals surface area (Å²) in [7, 11) is -1.80. The van der Waals surface area contributed by atoms with E-state index in [9.17, 15) is 8.42 Å². The molecule has 166 valence electrons. The molecule has 3 N–H and O–H groups in total. The first-order valence-corrected chi connectivity index (χ1v) is 11.1. The van der Waals surface area contributed by atoms with Gasteiger partial charge in [0.2, 0.25) is 10.0 Å². The minimum Gasteiger partial charge on any atom is -0.379 e. The van der Waals surface area contributed by atoms with Crippen LogP contribution in [0.1, 0.15) is 19.4 Å². The molecule has 0 amide bonds. The molecule has 2 rings (SSSR count). The summed E-state index contributed by atoms with van der Waals surface area (Å²) in [6, 6.07) is 6.79. The van der Waals surface area contributed by atoms with Crippen LogP contribution in [0.25, 0.3) is 0 Å². The normalized spacial score (nSPS) is 16.2. The summed E-state index contributed by atoms with van der Waals surface area (Å²) < 4.78 is 32.6. The number of hydrogen-bond donors (Lipinski definition) is 3. The molecule has 0 unspecified atom stereocenters. The van der Waals surface area contributed by atoms with Crippen LogP contribution in [0.2, 0.25) is 0 Å². The van der Waals surface area contributed by atoms with Gasteiger partial charge in [-0.25, -0.2) is 13.1 Å². The van der Waals surface area contributed by atoms with Crippen LogP contribution in [-0.2, 0) is 14.8 Å². The number of nitrogens with one attached hydrogen (secondary N) is 3. The number of hydrogen-bond acceptors (Lipinski definition) is 5. The molecule has 8 nitrogen and oxygen atoms in total. The van der Waals surface area contributed by atoms with Crippen LogP contribution in [0.3, 0.4) is 0 Å². The van der Waals surface area contributed by atoms with Crippen LogP contribution in [0, 0.1) is 6.92 Å². The van der Waals surface area contributed by atoms with Crippen molar-refractivity contribution in [1.29, 1.82) is 0 Å². The van der Waals surface area contributed by atoms with E-state index in [1.54, 1.807) is 31.3 Å². The molecule has 0 spiro atoms. The number of aryl methyl sites for hydroxylation is 1. The molecule has 1 heterocycles. The number of rotatable bonds is 8. The number of halogens is 1. The SMILES string of the molecule is CN=C(NCCNS(=O)(=O)c1ccc(C)cc1)NCC(C)(C)N1CCOCC1.I. The lowest BCUT2D eigenvalue weighted by atomic mass is 10.0. The standard InChI is InChI=1S/C19H33N5O3S.HI/c1-16-5-7-17(8-6-16)28(25,26)23-10-9-21-18(20-4)22-15-19(2,3)24-11-13-27-14-12-24;/h5-8,23H,9-15H2,1-4H3,(H2,20,21,22);1H. The van der Waals surface area contributed by atoms with Crippen molar-refractivity contribution in [2.45, 2.75) is 31.2 Å². The molecule has 0 aliphatic carbocycles. The van der Waals surface area contributed by atoms with E-state index < -0.39 is 10.0 Å². The summed E-state index contributed by atoms with van der Waals surface area (Å²) >= 11 is 0.